The summed E-state index contributed by atoms with van der Waals surface area (Å²) < 4.78 is 44.0. The van der Waals surface area contributed by atoms with E-state index in [1.54, 1.807) is 47.7 Å². The molecule has 0 aliphatic carbocycles. The van der Waals surface area contributed by atoms with E-state index in [2.05, 4.69) is 21.2 Å². The van der Waals surface area contributed by atoms with Gasteiger partial charge in [0.1, 0.15) is 0 Å². The van der Waals surface area contributed by atoms with Gasteiger partial charge in [-0.15, -0.1) is 0 Å². The first-order chi connectivity index (χ1) is 20.3. The van der Waals surface area contributed by atoms with Crippen molar-refractivity contribution < 1.29 is 42.7 Å². The first-order valence-electron chi connectivity index (χ1n) is 12.5. The van der Waals surface area contributed by atoms with E-state index in [1.165, 1.54) is 33.6 Å². The lowest BCUT2D eigenvalue weighted by Crippen LogP contribution is -2.03. The van der Waals surface area contributed by atoms with Gasteiger partial charge in [0, 0.05) is 35.2 Å². The summed E-state index contributed by atoms with van der Waals surface area (Å²) in [5.74, 6) is 3.39. The van der Waals surface area contributed by atoms with Gasteiger partial charge in [-0.1, -0.05) is 12.2 Å². The number of allylic oxidation sites excluding steroid dienone is 1. The van der Waals surface area contributed by atoms with Crippen molar-refractivity contribution in [2.24, 2.45) is 0 Å². The molecule has 42 heavy (non-hydrogen) atoms. The molecule has 3 aromatic rings. The SMILES string of the molecule is COc1cc(/C=C\c2cc(OC)c(OC)c(OC)c2)c(N/C=C\C(=O)c2cc(OC)c(OC)c(OC)c2Br)cc1OC. The fourth-order valence-corrected chi connectivity index (χ4v) is 4.79. The van der Waals surface area contributed by atoms with Crippen LogP contribution in [0.25, 0.3) is 12.2 Å². The van der Waals surface area contributed by atoms with Crippen LogP contribution in [-0.4, -0.2) is 62.7 Å². The normalized spacial score (nSPS) is 10.9. The van der Waals surface area contributed by atoms with Crippen molar-refractivity contribution in [2.75, 3.05) is 62.2 Å². The maximum absolute atomic E-state index is 13.2. The molecule has 3 rings (SSSR count). The molecule has 0 fully saturated rings. The number of carbonyl (C=O) groups excluding carboxylic acids is 1. The number of anilines is 1. The van der Waals surface area contributed by atoms with Gasteiger partial charge in [0.15, 0.2) is 40.3 Å². The fraction of sp³-hybridized carbons (Fsp3) is 0.258. The van der Waals surface area contributed by atoms with E-state index in [4.69, 9.17) is 37.9 Å². The average Bonchev–Trinajstić information content (AvgIpc) is 3.02. The van der Waals surface area contributed by atoms with Crippen molar-refractivity contribution in [3.63, 3.8) is 0 Å². The molecule has 0 radical (unpaired) electrons. The van der Waals surface area contributed by atoms with Crippen molar-refractivity contribution in [2.45, 2.75) is 0 Å². The highest BCUT2D eigenvalue weighted by atomic mass is 79.9. The van der Waals surface area contributed by atoms with Crippen LogP contribution in [0.4, 0.5) is 5.69 Å². The summed E-state index contributed by atoms with van der Waals surface area (Å²) in [6, 6.07) is 8.85. The molecule has 0 aliphatic rings. The lowest BCUT2D eigenvalue weighted by atomic mass is 10.1. The predicted octanol–water partition coefficient (Wildman–Crippen LogP) is 6.50. The smallest absolute Gasteiger partial charge is 0.204 e. The molecular weight excluding hydrogens is 610 g/mol. The summed E-state index contributed by atoms with van der Waals surface area (Å²) in [5, 5.41) is 3.18. The molecule has 0 spiro atoms. The van der Waals surface area contributed by atoms with Gasteiger partial charge in [-0.05, 0) is 45.8 Å². The van der Waals surface area contributed by atoms with E-state index in [9.17, 15) is 4.79 Å². The van der Waals surface area contributed by atoms with Crippen molar-refractivity contribution in [3.8, 4) is 46.0 Å². The van der Waals surface area contributed by atoms with Gasteiger partial charge < -0.3 is 43.2 Å². The number of rotatable bonds is 14. The highest BCUT2D eigenvalue weighted by molar-refractivity contribution is 9.10. The number of ketones is 1. The molecule has 0 aromatic heterocycles. The number of nitrogens with one attached hydrogen (secondary N) is 1. The van der Waals surface area contributed by atoms with Crippen LogP contribution >= 0.6 is 15.9 Å². The third kappa shape index (κ3) is 6.85. The number of halogens is 1. The average molecular weight is 645 g/mol. The monoisotopic (exact) mass is 643 g/mol. The third-order valence-electron chi connectivity index (χ3n) is 6.21. The maximum atomic E-state index is 13.2. The quantitative estimate of drug-likeness (QED) is 0.119. The van der Waals surface area contributed by atoms with Crippen LogP contribution in [0.2, 0.25) is 0 Å². The van der Waals surface area contributed by atoms with E-state index < -0.39 is 0 Å². The van der Waals surface area contributed by atoms with Gasteiger partial charge in [-0.3, -0.25) is 4.79 Å². The van der Waals surface area contributed by atoms with Crippen molar-refractivity contribution in [1.82, 2.24) is 0 Å². The Balaban J connectivity index is 1.98. The Kier molecular flexibility index (Phi) is 11.4. The Morgan fingerprint density at radius 1 is 0.619 bits per heavy atom. The summed E-state index contributed by atoms with van der Waals surface area (Å²) in [6.45, 7) is 0. The van der Waals surface area contributed by atoms with Crippen LogP contribution in [-0.2, 0) is 0 Å². The number of benzene rings is 3. The molecule has 0 atom stereocenters. The highest BCUT2D eigenvalue weighted by Crippen LogP contribution is 2.45. The van der Waals surface area contributed by atoms with Gasteiger partial charge in [0.05, 0.1) is 61.4 Å². The molecule has 0 amide bonds. The first-order valence-corrected chi connectivity index (χ1v) is 13.3. The molecule has 3 aromatic carbocycles. The van der Waals surface area contributed by atoms with Crippen LogP contribution in [0.15, 0.2) is 47.1 Å². The number of methoxy groups -OCH3 is 8. The van der Waals surface area contributed by atoms with Gasteiger partial charge in [0.25, 0.3) is 0 Å². The molecule has 1 N–H and O–H groups in total. The van der Waals surface area contributed by atoms with Crippen LogP contribution in [0.1, 0.15) is 21.5 Å². The summed E-state index contributed by atoms with van der Waals surface area (Å²) in [7, 11) is 12.3. The summed E-state index contributed by atoms with van der Waals surface area (Å²) in [4.78, 5) is 13.2. The minimum atomic E-state index is -0.302. The second-order valence-corrected chi connectivity index (χ2v) is 9.23. The van der Waals surface area contributed by atoms with Gasteiger partial charge in [0.2, 0.25) is 11.5 Å². The lowest BCUT2D eigenvalue weighted by Gasteiger charge is -2.15. The van der Waals surface area contributed by atoms with E-state index in [0.29, 0.717) is 61.7 Å². The predicted molar refractivity (Wildman–Crippen MR) is 165 cm³/mol. The molecule has 0 heterocycles. The molecule has 10 nitrogen and oxygen atoms in total. The summed E-state index contributed by atoms with van der Waals surface area (Å²) in [6.07, 6.45) is 6.71. The van der Waals surface area contributed by atoms with E-state index in [0.717, 1.165) is 11.1 Å². The number of hydrogen-bond donors (Lipinski definition) is 1. The Bertz CT molecular complexity index is 1460. The molecular formula is C31H34BrNO9. The van der Waals surface area contributed by atoms with Crippen molar-refractivity contribution >= 4 is 39.6 Å². The van der Waals surface area contributed by atoms with E-state index in [1.807, 2.05) is 30.4 Å². The topological polar surface area (TPSA) is 103 Å². The van der Waals surface area contributed by atoms with Crippen LogP contribution in [0.3, 0.4) is 0 Å². The minimum absolute atomic E-state index is 0.302. The van der Waals surface area contributed by atoms with Gasteiger partial charge in [-0.2, -0.15) is 0 Å². The van der Waals surface area contributed by atoms with E-state index in [-0.39, 0.29) is 5.78 Å². The Morgan fingerprint density at radius 3 is 1.67 bits per heavy atom. The summed E-state index contributed by atoms with van der Waals surface area (Å²) >= 11 is 3.45. The molecule has 0 saturated carbocycles. The molecule has 0 aliphatic heterocycles. The zero-order valence-electron chi connectivity index (χ0n) is 24.7. The second kappa shape index (κ2) is 14.9. The molecule has 0 bridgehead atoms. The van der Waals surface area contributed by atoms with Crippen molar-refractivity contribution in [3.05, 3.63) is 63.8 Å². The Morgan fingerprint density at radius 2 is 1.14 bits per heavy atom. The highest BCUT2D eigenvalue weighted by Gasteiger charge is 2.22. The minimum Gasteiger partial charge on any atom is -0.493 e. The summed E-state index contributed by atoms with van der Waals surface area (Å²) in [5.41, 5.74) is 2.55. The van der Waals surface area contributed by atoms with Gasteiger partial charge in [-0.25, -0.2) is 0 Å². The Hall–Kier alpha value is -4.51. The molecule has 0 saturated heterocycles. The standard InChI is InChI=1S/C31H34BrNO9/c1-35-23-15-19(10-9-18-13-25(37-3)29(40-6)26(14-18)38-4)21(17-24(23)36-2)33-12-11-22(34)20-16-27(39-5)30(41-7)31(42-8)28(20)32/h9-17,33H,1-8H3/b10-9-,12-11-. The van der Waals surface area contributed by atoms with Crippen LogP contribution in [0, 0.1) is 0 Å². The Labute approximate surface area is 253 Å². The lowest BCUT2D eigenvalue weighted by molar-refractivity contribution is 0.104. The zero-order valence-corrected chi connectivity index (χ0v) is 26.3. The van der Waals surface area contributed by atoms with E-state index >= 15 is 0 Å². The van der Waals surface area contributed by atoms with Gasteiger partial charge >= 0.3 is 0 Å². The van der Waals surface area contributed by atoms with Crippen LogP contribution in [0.5, 0.6) is 46.0 Å². The second-order valence-electron chi connectivity index (χ2n) is 8.44. The molecule has 0 unspecified atom stereocenters. The molecule has 11 heteroatoms. The number of carbonyl (C=O) groups is 1. The molecule has 224 valence electrons. The third-order valence-corrected chi connectivity index (χ3v) is 6.99. The number of hydrogen-bond acceptors (Lipinski definition) is 10. The first kappa shape index (κ1) is 32.0. The van der Waals surface area contributed by atoms with Crippen LogP contribution < -0.4 is 43.2 Å². The fourth-order valence-electron chi connectivity index (χ4n) is 4.14. The largest absolute Gasteiger partial charge is 0.493 e. The maximum Gasteiger partial charge on any atom is 0.204 e. The van der Waals surface area contributed by atoms with Crippen molar-refractivity contribution in [1.29, 1.82) is 0 Å². The zero-order chi connectivity index (χ0) is 30.8. The number of ether oxygens (including phenoxy) is 8.